The number of aliphatic hydroxyl groups is 1. The van der Waals surface area contributed by atoms with E-state index < -0.39 is 5.41 Å². The van der Waals surface area contributed by atoms with Crippen molar-refractivity contribution in [3.05, 3.63) is 51.7 Å². The Labute approximate surface area is 295 Å². The minimum atomic E-state index is -0.570. The van der Waals surface area contributed by atoms with Crippen LogP contribution in [0.15, 0.2) is 40.4 Å². The molecule has 260 valence electrons. The van der Waals surface area contributed by atoms with Crippen molar-refractivity contribution in [2.75, 3.05) is 0 Å². The molecule has 4 saturated carbocycles. The number of hydrogen-bond donors (Lipinski definition) is 2. The summed E-state index contributed by atoms with van der Waals surface area (Å²) >= 11 is 12.4. The van der Waals surface area contributed by atoms with Gasteiger partial charge in [-0.05, 0) is 121 Å². The van der Waals surface area contributed by atoms with Crippen molar-refractivity contribution < 1.29 is 19.2 Å². The minimum absolute atomic E-state index is 0.0159. The van der Waals surface area contributed by atoms with Gasteiger partial charge in [0, 0.05) is 28.0 Å². The smallest absolute Gasteiger partial charge is 0.226 e. The van der Waals surface area contributed by atoms with Gasteiger partial charge in [-0.25, -0.2) is 0 Å². The first kappa shape index (κ1) is 34.3. The van der Waals surface area contributed by atoms with Crippen molar-refractivity contribution in [1.82, 2.24) is 10.5 Å². The molecule has 1 heterocycles. The Bertz CT molecular complexity index is 1700. The lowest BCUT2D eigenvalue weighted by Crippen LogP contribution is -2.66. The molecular formula is C40H52Cl2N2O4. The zero-order chi connectivity index (χ0) is 34.7. The summed E-state index contributed by atoms with van der Waals surface area (Å²) < 4.78 is 5.58. The predicted octanol–water partition coefficient (Wildman–Crippen LogP) is 9.61. The van der Waals surface area contributed by atoms with E-state index in [1.54, 1.807) is 18.2 Å². The molecule has 0 radical (unpaired) electrons. The Morgan fingerprint density at radius 1 is 0.979 bits per heavy atom. The largest absolute Gasteiger partial charge is 0.393 e. The van der Waals surface area contributed by atoms with E-state index in [1.807, 2.05) is 6.07 Å². The first-order valence-corrected chi connectivity index (χ1v) is 18.8. The number of carbonyl (C=O) groups is 2. The second-order valence-electron chi connectivity index (χ2n) is 18.1. The standard InChI is InChI=1S/C40H52Cl2N2O4/c1-35(2)31-10-13-40(7)33(38(31,5)12-11-32(35)46)30(45)20-26-27-21-37(4,15-14-36(27,3)16-17-39(26,40)6)34(47)43-22-24-19-29(44-48-24)25-9-8-23(41)18-28(25)42/h8-9,18-20,27,31-33,46H,10-17,21-22H2,1-7H3,(H,43,47)/t27-,31?,32+,33-,36-,37+,38+,39-,40-/m1/s1. The molecule has 4 fully saturated rings. The van der Waals surface area contributed by atoms with Crippen molar-refractivity contribution in [3.63, 3.8) is 0 Å². The molecule has 7 rings (SSSR count). The van der Waals surface area contributed by atoms with Crippen LogP contribution in [0.4, 0.5) is 0 Å². The molecule has 0 spiro atoms. The van der Waals surface area contributed by atoms with Gasteiger partial charge in [0.05, 0.1) is 17.7 Å². The van der Waals surface area contributed by atoms with Gasteiger partial charge in [-0.3, -0.25) is 9.59 Å². The summed E-state index contributed by atoms with van der Waals surface area (Å²) in [6, 6.07) is 7.05. The van der Waals surface area contributed by atoms with Crippen LogP contribution in [0.1, 0.15) is 112 Å². The predicted molar refractivity (Wildman–Crippen MR) is 189 cm³/mol. The number of halogens is 2. The van der Waals surface area contributed by atoms with Gasteiger partial charge in [0.1, 0.15) is 5.69 Å². The normalized spacial score (nSPS) is 41.7. The van der Waals surface area contributed by atoms with Crippen molar-refractivity contribution >= 4 is 34.9 Å². The van der Waals surface area contributed by atoms with Crippen LogP contribution in [-0.4, -0.2) is 28.1 Å². The maximum atomic E-state index is 14.6. The molecule has 9 atom stereocenters. The zero-order valence-electron chi connectivity index (χ0n) is 29.6. The first-order chi connectivity index (χ1) is 22.4. The maximum absolute atomic E-state index is 14.6. The summed E-state index contributed by atoms with van der Waals surface area (Å²) in [5.41, 5.74) is 1.49. The SMILES string of the molecule is CC1(C)C2CC[C@]3(C)[C@H](C(=O)C=C4[C@H]5C[C@@](C)(C(=O)NCc6cc(-c7ccc(Cl)cc7Cl)no6)CC[C@]5(C)CC[C@]43C)[C@@]2(C)CC[C@@H]1O. The summed E-state index contributed by atoms with van der Waals surface area (Å²) in [5.74, 6) is 1.28. The Morgan fingerprint density at radius 3 is 2.44 bits per heavy atom. The van der Waals surface area contributed by atoms with Gasteiger partial charge in [0.15, 0.2) is 11.5 Å². The molecule has 2 aromatic rings. The highest BCUT2D eigenvalue weighted by molar-refractivity contribution is 6.36. The lowest BCUT2D eigenvalue weighted by atomic mass is 9.33. The van der Waals surface area contributed by atoms with E-state index in [-0.39, 0.29) is 63.2 Å². The van der Waals surface area contributed by atoms with Gasteiger partial charge in [0.2, 0.25) is 5.91 Å². The molecule has 2 N–H and O–H groups in total. The maximum Gasteiger partial charge on any atom is 0.226 e. The molecule has 0 saturated heterocycles. The number of fused-ring (bicyclic) bond motifs is 7. The van der Waals surface area contributed by atoms with E-state index in [0.717, 1.165) is 63.4 Å². The molecule has 1 unspecified atom stereocenters. The average molecular weight is 696 g/mol. The molecule has 5 aliphatic rings. The quantitative estimate of drug-likeness (QED) is 0.333. The summed E-state index contributed by atoms with van der Waals surface area (Å²) in [6.07, 6.45) is 10.1. The van der Waals surface area contributed by atoms with Crippen LogP contribution in [0.3, 0.4) is 0 Å². The Balaban J connectivity index is 1.14. The van der Waals surface area contributed by atoms with Crippen LogP contribution >= 0.6 is 23.2 Å². The van der Waals surface area contributed by atoms with E-state index in [1.165, 1.54) is 5.57 Å². The fraction of sp³-hybridized carbons (Fsp3) is 0.675. The highest BCUT2D eigenvalue weighted by atomic mass is 35.5. The molecular weight excluding hydrogens is 643 g/mol. The van der Waals surface area contributed by atoms with Crippen molar-refractivity contribution in [2.24, 2.45) is 50.2 Å². The van der Waals surface area contributed by atoms with Crippen molar-refractivity contribution in [3.8, 4) is 11.3 Å². The van der Waals surface area contributed by atoms with E-state index in [2.05, 4.69) is 65.0 Å². The minimum Gasteiger partial charge on any atom is -0.393 e. The summed E-state index contributed by atoms with van der Waals surface area (Å²) in [7, 11) is 0. The van der Waals surface area contributed by atoms with E-state index >= 15 is 0 Å². The highest BCUT2D eigenvalue weighted by Gasteiger charge is 2.70. The van der Waals surface area contributed by atoms with Gasteiger partial charge < -0.3 is 14.9 Å². The van der Waals surface area contributed by atoms with Gasteiger partial charge in [-0.1, -0.05) is 82.4 Å². The first-order valence-electron chi connectivity index (χ1n) is 18.0. The summed E-state index contributed by atoms with van der Waals surface area (Å²) in [4.78, 5) is 28.6. The van der Waals surface area contributed by atoms with Gasteiger partial charge >= 0.3 is 0 Å². The fourth-order valence-corrected chi connectivity index (χ4v) is 12.5. The zero-order valence-corrected chi connectivity index (χ0v) is 31.2. The second-order valence-corrected chi connectivity index (χ2v) is 19.0. The lowest BCUT2D eigenvalue weighted by molar-refractivity contribution is -0.202. The average Bonchev–Trinajstić information content (AvgIpc) is 3.48. The number of benzene rings is 1. The van der Waals surface area contributed by atoms with Crippen LogP contribution in [0, 0.1) is 50.2 Å². The summed E-state index contributed by atoms with van der Waals surface area (Å²) in [6.45, 7) is 16.4. The van der Waals surface area contributed by atoms with E-state index in [4.69, 9.17) is 27.7 Å². The Kier molecular flexibility index (Phi) is 7.99. The van der Waals surface area contributed by atoms with Gasteiger partial charge in [0.25, 0.3) is 0 Å². The van der Waals surface area contributed by atoms with Crippen LogP contribution in [0.25, 0.3) is 11.3 Å². The molecule has 1 aromatic carbocycles. The number of nitrogens with zero attached hydrogens (tertiary/aromatic N) is 1. The number of allylic oxidation sites excluding steroid dienone is 2. The number of aliphatic hydroxyl groups excluding tert-OH is 1. The fourth-order valence-electron chi connectivity index (χ4n) is 12.0. The number of ketones is 1. The monoisotopic (exact) mass is 694 g/mol. The van der Waals surface area contributed by atoms with Crippen molar-refractivity contribution in [2.45, 2.75) is 119 Å². The number of carbonyl (C=O) groups excluding carboxylic acids is 2. The third-order valence-electron chi connectivity index (χ3n) is 15.3. The van der Waals surface area contributed by atoms with E-state index in [9.17, 15) is 14.7 Å². The molecule has 1 aromatic heterocycles. The third-order valence-corrected chi connectivity index (χ3v) is 15.8. The second kappa shape index (κ2) is 11.2. The molecule has 6 nitrogen and oxygen atoms in total. The molecule has 48 heavy (non-hydrogen) atoms. The molecule has 8 heteroatoms. The highest BCUT2D eigenvalue weighted by Crippen LogP contribution is 2.75. The number of nitrogens with one attached hydrogen (secondary N) is 1. The number of aromatic nitrogens is 1. The molecule has 0 aliphatic heterocycles. The molecule has 1 amide bonds. The Morgan fingerprint density at radius 2 is 1.71 bits per heavy atom. The van der Waals surface area contributed by atoms with Crippen LogP contribution in [0.5, 0.6) is 0 Å². The van der Waals surface area contributed by atoms with Crippen molar-refractivity contribution in [1.29, 1.82) is 0 Å². The lowest BCUT2D eigenvalue weighted by Gasteiger charge is -2.70. The Hall–Kier alpha value is -2.15. The van der Waals surface area contributed by atoms with Crippen LogP contribution in [0.2, 0.25) is 10.0 Å². The third kappa shape index (κ3) is 4.85. The number of hydrogen-bond acceptors (Lipinski definition) is 5. The van der Waals surface area contributed by atoms with Crippen LogP contribution < -0.4 is 5.32 Å². The molecule has 0 bridgehead atoms. The van der Waals surface area contributed by atoms with Gasteiger partial charge in [-0.15, -0.1) is 0 Å². The van der Waals surface area contributed by atoms with Gasteiger partial charge in [-0.2, -0.15) is 0 Å². The van der Waals surface area contributed by atoms with Crippen LogP contribution in [-0.2, 0) is 16.1 Å². The number of rotatable bonds is 4. The van der Waals surface area contributed by atoms with E-state index in [0.29, 0.717) is 27.4 Å². The number of amides is 1. The summed E-state index contributed by atoms with van der Waals surface area (Å²) in [5, 5.41) is 19.4. The molecule has 5 aliphatic carbocycles. The topological polar surface area (TPSA) is 92.4 Å².